The van der Waals surface area contributed by atoms with E-state index in [0.29, 0.717) is 30.7 Å². The van der Waals surface area contributed by atoms with Crippen LogP contribution in [0.1, 0.15) is 43.0 Å². The summed E-state index contributed by atoms with van der Waals surface area (Å²) in [6, 6.07) is 7.16. The third kappa shape index (κ3) is 5.86. The molecule has 180 valence electrons. The third-order valence-electron chi connectivity index (χ3n) is 6.82. The highest BCUT2D eigenvalue weighted by Gasteiger charge is 2.34. The van der Waals surface area contributed by atoms with E-state index in [9.17, 15) is 9.90 Å². The zero-order valence-electron chi connectivity index (χ0n) is 19.4. The molecule has 1 aromatic carbocycles. The van der Waals surface area contributed by atoms with Crippen molar-refractivity contribution in [3.05, 3.63) is 60.3 Å². The summed E-state index contributed by atoms with van der Waals surface area (Å²) in [6.45, 7) is 2.19. The lowest BCUT2D eigenvalue weighted by Crippen LogP contribution is -2.44. The predicted molar refractivity (Wildman–Crippen MR) is 127 cm³/mol. The molecule has 1 N–H and O–H groups in total. The van der Waals surface area contributed by atoms with Crippen LogP contribution < -0.4 is 4.74 Å². The highest BCUT2D eigenvalue weighted by Crippen LogP contribution is 2.35. The summed E-state index contributed by atoms with van der Waals surface area (Å²) in [5.74, 6) is -0.639. The Hall–Kier alpha value is -3.13. The number of carboxylic acid groups (broad SMARTS) is 1. The fourth-order valence-corrected chi connectivity index (χ4v) is 4.92. The fourth-order valence-electron chi connectivity index (χ4n) is 4.92. The summed E-state index contributed by atoms with van der Waals surface area (Å²) in [5, 5.41) is 10.6. The number of pyridine rings is 1. The van der Waals surface area contributed by atoms with Gasteiger partial charge in [-0.1, -0.05) is 0 Å². The highest BCUT2D eigenvalue weighted by atomic mass is 19.1. The van der Waals surface area contributed by atoms with E-state index in [1.165, 1.54) is 6.33 Å². The molecule has 34 heavy (non-hydrogen) atoms. The summed E-state index contributed by atoms with van der Waals surface area (Å²) in [7, 11) is 1.58. The second-order valence-corrected chi connectivity index (χ2v) is 8.97. The van der Waals surface area contributed by atoms with E-state index in [0.717, 1.165) is 48.8 Å². The highest BCUT2D eigenvalue weighted by molar-refractivity contribution is 5.83. The molecule has 2 aromatic heterocycles. The molecule has 0 bridgehead atoms. The Bertz CT molecular complexity index is 1100. The number of piperidine rings is 1. The van der Waals surface area contributed by atoms with Gasteiger partial charge in [-0.25, -0.2) is 14.4 Å². The first kappa shape index (κ1) is 24.0. The lowest BCUT2D eigenvalue weighted by molar-refractivity contribution is -0.146. The van der Waals surface area contributed by atoms with Crippen LogP contribution in [0.4, 0.5) is 4.39 Å². The number of ether oxygens (including phenoxy) is 1. The van der Waals surface area contributed by atoms with Crippen molar-refractivity contribution in [3.63, 3.8) is 0 Å². The van der Waals surface area contributed by atoms with Gasteiger partial charge in [-0.05, 0) is 86.5 Å². The quantitative estimate of drug-likeness (QED) is 0.471. The monoisotopic (exact) mass is 466 g/mol. The Morgan fingerprint density at radius 3 is 2.88 bits per heavy atom. The van der Waals surface area contributed by atoms with Gasteiger partial charge in [0.1, 0.15) is 18.2 Å². The number of halogens is 1. The second kappa shape index (κ2) is 11.3. The molecule has 0 spiro atoms. The van der Waals surface area contributed by atoms with Crippen molar-refractivity contribution in [2.45, 2.75) is 38.3 Å². The van der Waals surface area contributed by atoms with E-state index in [4.69, 9.17) is 4.74 Å². The minimum Gasteiger partial charge on any atom is -0.497 e. The van der Waals surface area contributed by atoms with Crippen LogP contribution in [0.25, 0.3) is 10.9 Å². The number of aromatic nitrogens is 3. The van der Waals surface area contributed by atoms with E-state index >= 15 is 4.39 Å². The average Bonchev–Trinajstić information content (AvgIpc) is 2.87. The Balaban J connectivity index is 1.34. The van der Waals surface area contributed by atoms with Crippen LogP contribution in [0.2, 0.25) is 0 Å². The number of alkyl halides is 1. The molecular formula is C26H31FN4O3. The van der Waals surface area contributed by atoms with Gasteiger partial charge in [0.25, 0.3) is 0 Å². The molecule has 7 nitrogen and oxygen atoms in total. The lowest BCUT2D eigenvalue weighted by atomic mass is 9.81. The maximum atomic E-state index is 15.4. The van der Waals surface area contributed by atoms with Gasteiger partial charge in [-0.2, -0.15) is 0 Å². The number of rotatable bonds is 10. The number of carboxylic acids is 1. The van der Waals surface area contributed by atoms with Gasteiger partial charge in [0.2, 0.25) is 0 Å². The van der Waals surface area contributed by atoms with E-state index < -0.39 is 18.1 Å². The van der Waals surface area contributed by atoms with Crippen LogP contribution in [-0.2, 0) is 11.2 Å². The van der Waals surface area contributed by atoms with Gasteiger partial charge < -0.3 is 14.7 Å². The molecule has 3 heterocycles. The summed E-state index contributed by atoms with van der Waals surface area (Å²) in [4.78, 5) is 26.6. The van der Waals surface area contributed by atoms with Crippen molar-refractivity contribution in [3.8, 4) is 5.75 Å². The van der Waals surface area contributed by atoms with Crippen molar-refractivity contribution in [1.29, 1.82) is 0 Å². The van der Waals surface area contributed by atoms with E-state index in [1.54, 1.807) is 19.4 Å². The first-order valence-corrected chi connectivity index (χ1v) is 11.8. The van der Waals surface area contributed by atoms with E-state index in [1.807, 2.05) is 30.6 Å². The molecule has 8 heteroatoms. The first-order chi connectivity index (χ1) is 16.5. The number of carbonyl (C=O) groups is 1. The summed E-state index contributed by atoms with van der Waals surface area (Å²) >= 11 is 0. The molecule has 1 aliphatic rings. The molecule has 0 radical (unpaired) electrons. The lowest BCUT2D eigenvalue weighted by Gasteiger charge is -2.36. The SMILES string of the molecule is COc1ccc2nccc([C@@H](F)CC[C@@H]3CCN(CCCc4cncnc4)C[C@@H]3C(=O)O)c2c1. The van der Waals surface area contributed by atoms with Gasteiger partial charge in [0.05, 0.1) is 18.5 Å². The first-order valence-electron chi connectivity index (χ1n) is 11.8. The predicted octanol–water partition coefficient (Wildman–Crippen LogP) is 4.48. The van der Waals surface area contributed by atoms with Crippen molar-refractivity contribution >= 4 is 16.9 Å². The molecular weight excluding hydrogens is 435 g/mol. The number of likely N-dealkylation sites (tertiary alicyclic amines) is 1. The molecule has 0 aliphatic carbocycles. The minimum absolute atomic E-state index is 0.0304. The summed E-state index contributed by atoms with van der Waals surface area (Å²) < 4.78 is 20.6. The minimum atomic E-state index is -1.18. The maximum Gasteiger partial charge on any atom is 0.308 e. The number of fused-ring (bicyclic) bond motifs is 1. The molecule has 1 saturated heterocycles. The van der Waals surface area contributed by atoms with Crippen LogP contribution in [0, 0.1) is 11.8 Å². The Kier molecular flexibility index (Phi) is 8.00. The van der Waals surface area contributed by atoms with Crippen molar-refractivity contribution in [1.82, 2.24) is 19.9 Å². The molecule has 3 aromatic rings. The average molecular weight is 467 g/mol. The van der Waals surface area contributed by atoms with E-state index in [-0.39, 0.29) is 5.92 Å². The Morgan fingerprint density at radius 1 is 1.29 bits per heavy atom. The van der Waals surface area contributed by atoms with Crippen molar-refractivity contribution in [2.24, 2.45) is 11.8 Å². The number of aryl methyl sites for hydroxylation is 1. The van der Waals surface area contributed by atoms with Crippen molar-refractivity contribution in [2.75, 3.05) is 26.7 Å². The zero-order chi connectivity index (χ0) is 23.9. The standard InChI is InChI=1S/C26H31FN4O3/c1-34-20-5-7-25-22(13-20)21(8-10-30-25)24(27)6-4-19-9-12-31(16-23(19)26(32)33)11-2-3-18-14-28-17-29-15-18/h5,7-8,10,13-15,17,19,23-24H,2-4,6,9,11-12,16H2,1H3,(H,32,33)/t19-,23+,24+/m1/s1. The number of aliphatic carboxylic acids is 1. The van der Waals surface area contributed by atoms with Crippen LogP contribution in [0.3, 0.4) is 0 Å². The van der Waals surface area contributed by atoms with E-state index in [2.05, 4.69) is 19.9 Å². The molecule has 0 unspecified atom stereocenters. The molecule has 0 saturated carbocycles. The summed E-state index contributed by atoms with van der Waals surface area (Å²) in [6.07, 6.45) is 8.98. The van der Waals surface area contributed by atoms with Gasteiger partial charge in [-0.3, -0.25) is 9.78 Å². The van der Waals surface area contributed by atoms with Crippen LogP contribution in [0.15, 0.2) is 49.2 Å². The number of benzene rings is 1. The molecule has 0 amide bonds. The molecule has 3 atom stereocenters. The number of hydrogen-bond donors (Lipinski definition) is 1. The van der Waals surface area contributed by atoms with Gasteiger partial charge in [0, 0.05) is 30.5 Å². The van der Waals surface area contributed by atoms with Gasteiger partial charge in [0.15, 0.2) is 0 Å². The van der Waals surface area contributed by atoms with Gasteiger partial charge >= 0.3 is 5.97 Å². The molecule has 1 fully saturated rings. The van der Waals surface area contributed by atoms with Crippen LogP contribution in [0.5, 0.6) is 5.75 Å². The van der Waals surface area contributed by atoms with Crippen molar-refractivity contribution < 1.29 is 19.0 Å². The Labute approximate surface area is 199 Å². The second-order valence-electron chi connectivity index (χ2n) is 8.97. The Morgan fingerprint density at radius 2 is 2.12 bits per heavy atom. The smallest absolute Gasteiger partial charge is 0.308 e. The third-order valence-corrected chi connectivity index (χ3v) is 6.82. The molecule has 4 rings (SSSR count). The largest absolute Gasteiger partial charge is 0.497 e. The normalized spacial score (nSPS) is 19.7. The fraction of sp³-hybridized carbons (Fsp3) is 0.462. The molecule has 1 aliphatic heterocycles. The number of methoxy groups -OCH3 is 1. The summed E-state index contributed by atoms with van der Waals surface area (Å²) in [5.41, 5.74) is 2.39. The van der Waals surface area contributed by atoms with Crippen LogP contribution in [-0.4, -0.2) is 57.7 Å². The van der Waals surface area contributed by atoms with Gasteiger partial charge in [-0.15, -0.1) is 0 Å². The zero-order valence-corrected chi connectivity index (χ0v) is 19.4. The van der Waals surface area contributed by atoms with Crippen LogP contribution >= 0.6 is 0 Å². The number of nitrogens with zero attached hydrogens (tertiary/aromatic N) is 4. The number of hydrogen-bond acceptors (Lipinski definition) is 6. The topological polar surface area (TPSA) is 88.4 Å². The maximum absolute atomic E-state index is 15.4.